The van der Waals surface area contributed by atoms with E-state index in [0.29, 0.717) is 18.0 Å². The van der Waals surface area contributed by atoms with Crippen LogP contribution in [0, 0.1) is 0 Å². The van der Waals surface area contributed by atoms with Gasteiger partial charge in [0.05, 0.1) is 11.7 Å². The maximum Gasteiger partial charge on any atom is 0.0607 e. The summed E-state index contributed by atoms with van der Waals surface area (Å²) >= 11 is 0. The number of hydrogen-bond acceptors (Lipinski definition) is 4. The van der Waals surface area contributed by atoms with Gasteiger partial charge in [-0.3, -0.25) is 9.88 Å². The number of piperidine rings is 1. The van der Waals surface area contributed by atoms with E-state index in [0.717, 1.165) is 32.6 Å². The van der Waals surface area contributed by atoms with Crippen LogP contribution in [0.15, 0.2) is 48.7 Å². The van der Waals surface area contributed by atoms with Crippen molar-refractivity contribution in [3.05, 3.63) is 65.5 Å². The Hall–Kier alpha value is -1.75. The van der Waals surface area contributed by atoms with Crippen molar-refractivity contribution in [2.24, 2.45) is 5.73 Å². The Bertz CT molecular complexity index is 747. The molecule has 2 heterocycles. The van der Waals surface area contributed by atoms with Crippen molar-refractivity contribution < 1.29 is 0 Å². The summed E-state index contributed by atoms with van der Waals surface area (Å²) in [5, 5.41) is 3.82. The highest BCUT2D eigenvalue weighted by Gasteiger charge is 2.30. The van der Waals surface area contributed by atoms with E-state index in [-0.39, 0.29) is 0 Å². The van der Waals surface area contributed by atoms with Crippen LogP contribution in [-0.2, 0) is 6.42 Å². The molecular weight excluding hydrogens is 356 g/mol. The van der Waals surface area contributed by atoms with Crippen molar-refractivity contribution in [2.75, 3.05) is 26.2 Å². The van der Waals surface area contributed by atoms with Gasteiger partial charge in [0.25, 0.3) is 0 Å². The topological polar surface area (TPSA) is 54.2 Å². The van der Waals surface area contributed by atoms with Crippen molar-refractivity contribution >= 4 is 0 Å². The molecule has 4 heteroatoms. The molecule has 4 nitrogen and oxygen atoms in total. The second-order valence-electron chi connectivity index (χ2n) is 8.73. The van der Waals surface area contributed by atoms with Gasteiger partial charge in [-0.15, -0.1) is 0 Å². The molecule has 29 heavy (non-hydrogen) atoms. The highest BCUT2D eigenvalue weighted by Crippen LogP contribution is 2.34. The fourth-order valence-electron chi connectivity index (χ4n) is 5.23. The van der Waals surface area contributed by atoms with Crippen molar-refractivity contribution in [3.8, 4) is 0 Å². The van der Waals surface area contributed by atoms with Crippen LogP contribution >= 0.6 is 0 Å². The molecule has 1 unspecified atom stereocenters. The Morgan fingerprint density at radius 3 is 2.83 bits per heavy atom. The van der Waals surface area contributed by atoms with E-state index in [1.54, 1.807) is 0 Å². The summed E-state index contributed by atoms with van der Waals surface area (Å²) in [4.78, 5) is 7.53. The largest absolute Gasteiger partial charge is 0.330 e. The van der Waals surface area contributed by atoms with E-state index >= 15 is 0 Å². The monoisotopic (exact) mass is 392 g/mol. The molecule has 0 spiro atoms. The minimum atomic E-state index is 0.455. The summed E-state index contributed by atoms with van der Waals surface area (Å²) in [5.74, 6) is 0.671. The van der Waals surface area contributed by atoms with E-state index in [4.69, 9.17) is 10.7 Å². The minimum absolute atomic E-state index is 0.455. The number of aryl methyl sites for hydroxylation is 1. The lowest BCUT2D eigenvalue weighted by molar-refractivity contribution is 0.142. The minimum Gasteiger partial charge on any atom is -0.330 e. The predicted molar refractivity (Wildman–Crippen MR) is 120 cm³/mol. The van der Waals surface area contributed by atoms with Gasteiger partial charge >= 0.3 is 0 Å². The van der Waals surface area contributed by atoms with E-state index in [2.05, 4.69) is 52.7 Å². The zero-order chi connectivity index (χ0) is 19.9. The number of nitrogens with zero attached hydrogens (tertiary/aromatic N) is 2. The number of unbranched alkanes of at least 4 members (excludes halogenated alkanes) is 1. The number of pyridine rings is 1. The summed E-state index contributed by atoms with van der Waals surface area (Å²) in [6.07, 6.45) is 10.4. The second-order valence-corrected chi connectivity index (χ2v) is 8.73. The van der Waals surface area contributed by atoms with Crippen LogP contribution < -0.4 is 11.1 Å². The summed E-state index contributed by atoms with van der Waals surface area (Å²) in [7, 11) is 0. The number of benzene rings is 1. The lowest BCUT2D eigenvalue weighted by atomic mass is 9.85. The molecule has 1 fully saturated rings. The van der Waals surface area contributed by atoms with Crippen LogP contribution in [0.5, 0.6) is 0 Å². The van der Waals surface area contributed by atoms with Gasteiger partial charge in [0.15, 0.2) is 0 Å². The van der Waals surface area contributed by atoms with Crippen LogP contribution in [0.2, 0.25) is 0 Å². The molecule has 4 rings (SSSR count). The summed E-state index contributed by atoms with van der Waals surface area (Å²) in [5.41, 5.74) is 10.1. The first-order chi connectivity index (χ1) is 14.3. The van der Waals surface area contributed by atoms with E-state index in [1.165, 1.54) is 55.3 Å². The van der Waals surface area contributed by atoms with E-state index < -0.39 is 0 Å². The molecule has 156 valence electrons. The van der Waals surface area contributed by atoms with Crippen molar-refractivity contribution in [3.63, 3.8) is 0 Å². The molecule has 3 N–H and O–H groups in total. The van der Waals surface area contributed by atoms with Crippen molar-refractivity contribution in [2.45, 2.75) is 62.9 Å². The van der Waals surface area contributed by atoms with E-state index in [1.807, 2.05) is 6.20 Å². The molecule has 1 aromatic carbocycles. The smallest absolute Gasteiger partial charge is 0.0607 e. The Labute approximate surface area is 175 Å². The van der Waals surface area contributed by atoms with Crippen LogP contribution in [0.4, 0.5) is 0 Å². The van der Waals surface area contributed by atoms with Gasteiger partial charge in [0.1, 0.15) is 0 Å². The van der Waals surface area contributed by atoms with Gasteiger partial charge in [-0.2, -0.15) is 0 Å². The molecule has 1 aliphatic carbocycles. The Balaban J connectivity index is 1.47. The van der Waals surface area contributed by atoms with Gasteiger partial charge in [0, 0.05) is 18.8 Å². The second kappa shape index (κ2) is 10.3. The number of nitrogens with two attached hydrogens (primary N) is 1. The number of hydrogen-bond donors (Lipinski definition) is 2. The Morgan fingerprint density at radius 1 is 1.07 bits per heavy atom. The third-order valence-corrected chi connectivity index (χ3v) is 6.73. The highest BCUT2D eigenvalue weighted by atomic mass is 15.2. The summed E-state index contributed by atoms with van der Waals surface area (Å²) in [6, 6.07) is 16.4. The molecule has 0 saturated carbocycles. The number of aromatic nitrogens is 1. The van der Waals surface area contributed by atoms with Crippen LogP contribution in [-0.4, -0.2) is 42.1 Å². The molecule has 1 aliphatic heterocycles. The maximum absolute atomic E-state index is 5.79. The van der Waals surface area contributed by atoms with E-state index in [9.17, 15) is 0 Å². The van der Waals surface area contributed by atoms with Gasteiger partial charge in [-0.05, 0) is 87.7 Å². The highest BCUT2D eigenvalue weighted by molar-refractivity contribution is 5.26. The number of nitrogens with one attached hydrogen (secondary N) is 1. The standard InChI is InChI=1S/C25H36N4/c26-14-4-5-17-29(24-12-6-10-21-11-7-15-28-25(21)24)19-23-18-22(13-16-27-23)20-8-2-1-3-9-20/h1-3,7-9,11,15,22-24,27H,4-6,10,12-14,16-19,26H2/t22?,23-,24-/m0/s1. The molecule has 1 saturated heterocycles. The Morgan fingerprint density at radius 2 is 1.97 bits per heavy atom. The molecule has 0 amide bonds. The molecule has 3 atom stereocenters. The fraction of sp³-hybridized carbons (Fsp3) is 0.560. The van der Waals surface area contributed by atoms with Crippen LogP contribution in [0.3, 0.4) is 0 Å². The molecule has 0 bridgehead atoms. The van der Waals surface area contributed by atoms with Crippen LogP contribution in [0.1, 0.15) is 67.3 Å². The average molecular weight is 393 g/mol. The van der Waals surface area contributed by atoms with Gasteiger partial charge < -0.3 is 11.1 Å². The SMILES string of the molecule is NCCCCN(C[C@@H]1CC(c2ccccc2)CCN1)[C@H]1CCCc2cccnc21. The number of rotatable bonds is 8. The Kier molecular flexibility index (Phi) is 7.31. The fourth-order valence-corrected chi connectivity index (χ4v) is 5.23. The molecule has 2 aromatic rings. The third-order valence-electron chi connectivity index (χ3n) is 6.73. The number of fused-ring (bicyclic) bond motifs is 1. The van der Waals surface area contributed by atoms with Gasteiger partial charge in [0.2, 0.25) is 0 Å². The average Bonchev–Trinajstić information content (AvgIpc) is 2.79. The lowest BCUT2D eigenvalue weighted by Crippen LogP contribution is -2.47. The molecule has 2 aliphatic rings. The van der Waals surface area contributed by atoms with Crippen LogP contribution in [0.25, 0.3) is 0 Å². The first-order valence-corrected chi connectivity index (χ1v) is 11.5. The lowest BCUT2D eigenvalue weighted by Gasteiger charge is -2.39. The van der Waals surface area contributed by atoms with Crippen molar-refractivity contribution in [1.82, 2.24) is 15.2 Å². The normalized spacial score (nSPS) is 24.4. The zero-order valence-corrected chi connectivity index (χ0v) is 17.6. The first kappa shape index (κ1) is 20.5. The quantitative estimate of drug-likeness (QED) is 0.666. The summed E-state index contributed by atoms with van der Waals surface area (Å²) < 4.78 is 0. The third kappa shape index (κ3) is 5.25. The predicted octanol–water partition coefficient (Wildman–Crippen LogP) is 4.04. The zero-order valence-electron chi connectivity index (χ0n) is 17.6. The maximum atomic E-state index is 5.79. The van der Waals surface area contributed by atoms with Gasteiger partial charge in [-0.1, -0.05) is 36.4 Å². The first-order valence-electron chi connectivity index (χ1n) is 11.5. The molecular formula is C25H36N4. The summed E-state index contributed by atoms with van der Waals surface area (Å²) in [6.45, 7) is 4.12. The van der Waals surface area contributed by atoms with Crippen molar-refractivity contribution in [1.29, 1.82) is 0 Å². The van der Waals surface area contributed by atoms with Gasteiger partial charge in [-0.25, -0.2) is 0 Å². The molecule has 0 radical (unpaired) electrons. The molecule has 1 aromatic heterocycles.